The van der Waals surface area contributed by atoms with E-state index in [4.69, 9.17) is 21.6 Å². The number of aliphatic carboxylic acids is 1. The lowest BCUT2D eigenvalue weighted by atomic mass is 10.0. The summed E-state index contributed by atoms with van der Waals surface area (Å²) in [4.78, 5) is 33.8. The van der Waals surface area contributed by atoms with Crippen molar-refractivity contribution in [3.05, 3.63) is 94.4 Å². The first-order valence-electron chi connectivity index (χ1n) is 12.1. The minimum Gasteiger partial charge on any atom is -0.481 e. The Morgan fingerprint density at radius 2 is 1.68 bits per heavy atom. The number of halogens is 2. The summed E-state index contributed by atoms with van der Waals surface area (Å²) in [5.41, 5.74) is 4.54. The summed E-state index contributed by atoms with van der Waals surface area (Å²) >= 11 is 5.96. The van der Waals surface area contributed by atoms with Gasteiger partial charge in [0.2, 0.25) is 0 Å². The Balaban J connectivity index is 1.63. The number of hydrogen-bond acceptors (Lipinski definition) is 4. The van der Waals surface area contributed by atoms with E-state index in [1.165, 1.54) is 12.1 Å². The van der Waals surface area contributed by atoms with E-state index in [1.807, 2.05) is 19.1 Å². The number of carbonyl (C=O) groups excluding carboxylic acids is 1. The third-order valence-electron chi connectivity index (χ3n) is 6.31. The topological polar surface area (TPSA) is 92.2 Å². The molecular weight excluding hydrogens is 493 g/mol. The fourth-order valence-electron chi connectivity index (χ4n) is 4.06. The summed E-state index contributed by atoms with van der Waals surface area (Å²) in [6, 6.07) is 18.2. The second-order valence-corrected chi connectivity index (χ2v) is 9.54. The van der Waals surface area contributed by atoms with E-state index >= 15 is 0 Å². The first-order chi connectivity index (χ1) is 17.7. The summed E-state index contributed by atoms with van der Waals surface area (Å²) in [5.74, 6) is -1.91. The maximum Gasteiger partial charge on any atom is 0.306 e. The Kier molecular flexibility index (Phi) is 8.14. The molecule has 0 spiro atoms. The first kappa shape index (κ1) is 26.2. The van der Waals surface area contributed by atoms with Gasteiger partial charge in [0, 0.05) is 16.1 Å². The van der Waals surface area contributed by atoms with E-state index in [1.54, 1.807) is 49.4 Å². The van der Waals surface area contributed by atoms with Crippen molar-refractivity contribution >= 4 is 34.5 Å². The van der Waals surface area contributed by atoms with Gasteiger partial charge in [-0.2, -0.15) is 0 Å². The number of amides is 1. The number of nitrogens with zero attached hydrogens (tertiary/aromatic N) is 2. The van der Waals surface area contributed by atoms with Crippen molar-refractivity contribution in [3.8, 4) is 11.3 Å². The molecule has 3 aromatic carbocycles. The molecule has 0 aliphatic carbocycles. The van der Waals surface area contributed by atoms with Crippen molar-refractivity contribution in [2.75, 3.05) is 0 Å². The number of nitrogens with one attached hydrogen (secondary N) is 1. The van der Waals surface area contributed by atoms with E-state index in [9.17, 15) is 19.1 Å². The second kappa shape index (κ2) is 11.5. The van der Waals surface area contributed by atoms with Gasteiger partial charge in [-0.3, -0.25) is 9.59 Å². The number of hydrogen-bond donors (Lipinski definition) is 2. The molecule has 0 saturated carbocycles. The predicted molar refractivity (Wildman–Crippen MR) is 142 cm³/mol. The summed E-state index contributed by atoms with van der Waals surface area (Å²) in [6.07, 6.45) is 1.58. The number of benzene rings is 3. The Morgan fingerprint density at radius 3 is 2.35 bits per heavy atom. The van der Waals surface area contributed by atoms with Gasteiger partial charge >= 0.3 is 5.97 Å². The fraction of sp³-hybridized carbons (Fsp3) is 0.241. The SMILES string of the molecule is CC(CCCc1nc2cc(C(=O)N[C@@H](C)c3ccc(Cl)cc3)ccc2nc1-c1ccc(F)cc1)C(=O)O. The molecule has 4 aromatic rings. The molecule has 1 amide bonds. The average Bonchev–Trinajstić information content (AvgIpc) is 2.88. The van der Waals surface area contributed by atoms with Crippen LogP contribution in [0.5, 0.6) is 0 Å². The van der Waals surface area contributed by atoms with Crippen molar-refractivity contribution < 1.29 is 19.1 Å². The van der Waals surface area contributed by atoms with Crippen molar-refractivity contribution in [3.63, 3.8) is 0 Å². The molecule has 0 radical (unpaired) electrons. The molecule has 8 heteroatoms. The van der Waals surface area contributed by atoms with Gasteiger partial charge in [0.25, 0.3) is 5.91 Å². The molecule has 0 saturated heterocycles. The van der Waals surface area contributed by atoms with Gasteiger partial charge in [-0.1, -0.05) is 30.7 Å². The molecule has 2 N–H and O–H groups in total. The van der Waals surface area contributed by atoms with Gasteiger partial charge in [-0.15, -0.1) is 0 Å². The normalized spacial score (nSPS) is 12.8. The number of carboxylic acid groups (broad SMARTS) is 1. The third kappa shape index (κ3) is 6.49. The lowest BCUT2D eigenvalue weighted by Gasteiger charge is -2.15. The highest BCUT2D eigenvalue weighted by atomic mass is 35.5. The molecule has 0 aliphatic heterocycles. The van der Waals surface area contributed by atoms with Crippen LogP contribution in [0.15, 0.2) is 66.7 Å². The highest BCUT2D eigenvalue weighted by Crippen LogP contribution is 2.26. The smallest absolute Gasteiger partial charge is 0.306 e. The highest BCUT2D eigenvalue weighted by Gasteiger charge is 2.17. The van der Waals surface area contributed by atoms with Crippen molar-refractivity contribution in [1.82, 2.24) is 15.3 Å². The molecule has 4 rings (SSSR count). The number of rotatable bonds is 9. The molecule has 1 aromatic heterocycles. The van der Waals surface area contributed by atoms with Crippen molar-refractivity contribution in [2.45, 2.75) is 39.2 Å². The second-order valence-electron chi connectivity index (χ2n) is 9.11. The van der Waals surface area contributed by atoms with E-state index in [0.717, 1.165) is 11.1 Å². The van der Waals surface area contributed by atoms with Crippen LogP contribution in [0.3, 0.4) is 0 Å². The molecule has 190 valence electrons. The van der Waals surface area contributed by atoms with Crippen LogP contribution in [0.1, 0.15) is 54.3 Å². The van der Waals surface area contributed by atoms with Crippen LogP contribution in [-0.4, -0.2) is 27.0 Å². The molecule has 0 aliphatic rings. The minimum atomic E-state index is -0.841. The molecule has 37 heavy (non-hydrogen) atoms. The number of aryl methyl sites for hydroxylation is 1. The number of fused-ring (bicyclic) bond motifs is 1. The number of carboxylic acids is 1. The lowest BCUT2D eigenvalue weighted by Crippen LogP contribution is -2.26. The molecule has 0 bridgehead atoms. The fourth-order valence-corrected chi connectivity index (χ4v) is 4.19. The Labute approximate surface area is 219 Å². The molecular formula is C29H27ClFN3O3. The van der Waals surface area contributed by atoms with E-state index < -0.39 is 11.9 Å². The minimum absolute atomic E-state index is 0.223. The zero-order valence-electron chi connectivity index (χ0n) is 20.5. The van der Waals surface area contributed by atoms with E-state index in [-0.39, 0.29) is 17.8 Å². The van der Waals surface area contributed by atoms with E-state index in [2.05, 4.69) is 5.32 Å². The molecule has 6 nitrogen and oxygen atoms in total. The van der Waals surface area contributed by atoms with Crippen LogP contribution in [0.4, 0.5) is 4.39 Å². The lowest BCUT2D eigenvalue weighted by molar-refractivity contribution is -0.141. The van der Waals surface area contributed by atoms with Crippen molar-refractivity contribution in [2.24, 2.45) is 5.92 Å². The van der Waals surface area contributed by atoms with Crippen LogP contribution in [-0.2, 0) is 11.2 Å². The van der Waals surface area contributed by atoms with Gasteiger partial charge in [0.1, 0.15) is 5.82 Å². The first-order valence-corrected chi connectivity index (χ1v) is 12.4. The molecule has 0 fully saturated rings. The summed E-state index contributed by atoms with van der Waals surface area (Å²) in [7, 11) is 0. The number of aromatic nitrogens is 2. The zero-order valence-corrected chi connectivity index (χ0v) is 21.3. The maximum absolute atomic E-state index is 13.5. The van der Waals surface area contributed by atoms with Gasteiger partial charge < -0.3 is 10.4 Å². The van der Waals surface area contributed by atoms with Gasteiger partial charge in [0.05, 0.1) is 34.4 Å². The van der Waals surface area contributed by atoms with Crippen LogP contribution in [0.2, 0.25) is 5.02 Å². The summed E-state index contributed by atoms with van der Waals surface area (Å²) in [6.45, 7) is 3.57. The van der Waals surface area contributed by atoms with Gasteiger partial charge in [-0.25, -0.2) is 14.4 Å². The summed E-state index contributed by atoms with van der Waals surface area (Å²) < 4.78 is 13.5. The Morgan fingerprint density at radius 1 is 0.973 bits per heavy atom. The van der Waals surface area contributed by atoms with Gasteiger partial charge in [-0.05, 0) is 86.3 Å². The number of carbonyl (C=O) groups is 2. The average molecular weight is 520 g/mol. The monoisotopic (exact) mass is 519 g/mol. The molecule has 1 heterocycles. The van der Waals surface area contributed by atoms with Crippen LogP contribution < -0.4 is 5.32 Å². The van der Waals surface area contributed by atoms with Crippen LogP contribution in [0, 0.1) is 11.7 Å². The molecule has 2 atom stereocenters. The predicted octanol–water partition coefficient (Wildman–Crippen LogP) is 6.62. The third-order valence-corrected chi connectivity index (χ3v) is 6.56. The quantitative estimate of drug-likeness (QED) is 0.259. The van der Waals surface area contributed by atoms with Crippen molar-refractivity contribution in [1.29, 1.82) is 0 Å². The standard InChI is InChI=1S/C29H27ClFN3O3/c1-17(29(36)37)4-3-5-25-27(20-8-13-23(31)14-9-20)34-24-15-10-21(16-26(24)33-25)28(35)32-18(2)19-6-11-22(30)12-7-19/h6-18H,3-5H2,1-2H3,(H,32,35)(H,36,37)/t17?,18-/m0/s1. The highest BCUT2D eigenvalue weighted by molar-refractivity contribution is 6.30. The summed E-state index contributed by atoms with van der Waals surface area (Å²) in [5, 5.41) is 12.8. The maximum atomic E-state index is 13.5. The molecule has 1 unspecified atom stereocenters. The Bertz CT molecular complexity index is 1430. The Hall–Kier alpha value is -3.84. The van der Waals surface area contributed by atoms with E-state index in [0.29, 0.717) is 52.3 Å². The largest absolute Gasteiger partial charge is 0.481 e. The van der Waals surface area contributed by atoms with Crippen LogP contribution in [0.25, 0.3) is 22.3 Å². The van der Waals surface area contributed by atoms with Gasteiger partial charge in [0.15, 0.2) is 0 Å². The van der Waals surface area contributed by atoms with Crippen LogP contribution >= 0.6 is 11.6 Å². The zero-order chi connectivity index (χ0) is 26.5.